The predicted octanol–water partition coefficient (Wildman–Crippen LogP) is 6.28. The Balaban J connectivity index is 1.88. The summed E-state index contributed by atoms with van der Waals surface area (Å²) in [6.07, 6.45) is 2.32. The summed E-state index contributed by atoms with van der Waals surface area (Å²) in [6, 6.07) is 16.0. The molecule has 33 heavy (non-hydrogen) atoms. The van der Waals surface area contributed by atoms with E-state index >= 15 is 0 Å². The van der Waals surface area contributed by atoms with Crippen LogP contribution < -0.4 is 9.47 Å². The molecule has 1 saturated heterocycles. The van der Waals surface area contributed by atoms with Gasteiger partial charge < -0.3 is 19.3 Å². The van der Waals surface area contributed by atoms with E-state index in [2.05, 4.69) is 41.2 Å². The molecule has 1 aliphatic rings. The first-order valence-corrected chi connectivity index (χ1v) is 11.9. The Bertz CT molecular complexity index is 898. The predicted molar refractivity (Wildman–Crippen MR) is 134 cm³/mol. The summed E-state index contributed by atoms with van der Waals surface area (Å²) in [7, 11) is 0. The van der Waals surface area contributed by atoms with E-state index in [1.165, 1.54) is 11.1 Å². The van der Waals surface area contributed by atoms with Gasteiger partial charge in [-0.25, -0.2) is 0 Å². The minimum atomic E-state index is -0.463. The number of aryl methyl sites for hydroxylation is 2. The fourth-order valence-corrected chi connectivity index (χ4v) is 4.87. The Morgan fingerprint density at radius 2 is 1.30 bits per heavy atom. The number of allylic oxidation sites excluding steroid dienone is 1. The van der Waals surface area contributed by atoms with Crippen molar-refractivity contribution in [1.29, 1.82) is 0 Å². The van der Waals surface area contributed by atoms with E-state index in [4.69, 9.17) is 14.2 Å². The number of rotatable bonds is 10. The molecule has 0 aliphatic carbocycles. The molecule has 2 aromatic carbocycles. The minimum absolute atomic E-state index is 0.0175. The van der Waals surface area contributed by atoms with E-state index in [1.54, 1.807) is 0 Å². The molecule has 0 bridgehead atoms. The van der Waals surface area contributed by atoms with Gasteiger partial charge in [-0.3, -0.25) is 0 Å². The fraction of sp³-hybridized carbons (Fsp3) is 0.517. The lowest BCUT2D eigenvalue weighted by molar-refractivity contribution is -0.0347. The smallest absolute Gasteiger partial charge is 0.166 e. The van der Waals surface area contributed by atoms with E-state index in [0.717, 1.165) is 24.3 Å². The monoisotopic (exact) mass is 452 g/mol. The van der Waals surface area contributed by atoms with Gasteiger partial charge in [0, 0.05) is 0 Å². The van der Waals surface area contributed by atoms with Crippen LogP contribution in [0.5, 0.6) is 11.5 Å². The molecule has 0 saturated carbocycles. The van der Waals surface area contributed by atoms with Crippen molar-refractivity contribution in [2.75, 3.05) is 6.61 Å². The normalized spacial score (nSPS) is 23.4. The van der Waals surface area contributed by atoms with Gasteiger partial charge in [-0.15, -0.1) is 6.58 Å². The Hall–Kier alpha value is -2.30. The summed E-state index contributed by atoms with van der Waals surface area (Å²) in [5.74, 6) is 1.53. The van der Waals surface area contributed by atoms with Gasteiger partial charge in [0.25, 0.3) is 0 Å². The second-order valence-corrected chi connectivity index (χ2v) is 10.9. The Kier molecular flexibility index (Phi) is 7.92. The van der Waals surface area contributed by atoms with Gasteiger partial charge in [0.15, 0.2) is 12.2 Å². The Morgan fingerprint density at radius 3 is 1.73 bits per heavy atom. The average molecular weight is 453 g/mol. The Labute approximate surface area is 199 Å². The highest BCUT2D eigenvalue weighted by Crippen LogP contribution is 2.42. The zero-order valence-corrected chi connectivity index (χ0v) is 21.0. The molecular formula is C29H40O4. The van der Waals surface area contributed by atoms with Crippen LogP contribution in [0.4, 0.5) is 0 Å². The minimum Gasteiger partial charge on any atom is -0.484 e. The van der Waals surface area contributed by atoms with Gasteiger partial charge in [-0.1, -0.05) is 69.2 Å². The maximum atomic E-state index is 10.1. The number of aliphatic hydroxyl groups excluding tert-OH is 1. The molecule has 0 spiro atoms. The molecule has 3 rings (SSSR count). The van der Waals surface area contributed by atoms with Crippen LogP contribution >= 0.6 is 0 Å². The first-order valence-electron chi connectivity index (χ1n) is 11.9. The van der Waals surface area contributed by atoms with Gasteiger partial charge in [0.05, 0.1) is 12.7 Å². The molecule has 4 heteroatoms. The largest absolute Gasteiger partial charge is 0.484 e. The Morgan fingerprint density at radius 1 is 0.848 bits per heavy atom. The van der Waals surface area contributed by atoms with E-state index < -0.39 is 12.2 Å². The molecule has 4 nitrogen and oxygen atoms in total. The van der Waals surface area contributed by atoms with Crippen molar-refractivity contribution in [2.45, 2.75) is 78.8 Å². The van der Waals surface area contributed by atoms with Crippen LogP contribution in [0.2, 0.25) is 0 Å². The van der Waals surface area contributed by atoms with Crippen LogP contribution in [-0.2, 0) is 4.74 Å². The SMILES string of the molecule is C=CC(C)(C)CC(C)(C)CC1OC(CO)C(Oc2ccc(C)cc2)C1Oc1ccc(C)cc1. The number of aliphatic hydroxyl groups is 1. The van der Waals surface area contributed by atoms with Gasteiger partial charge in [-0.05, 0) is 61.8 Å². The van der Waals surface area contributed by atoms with Crippen LogP contribution in [-0.4, -0.2) is 36.1 Å². The lowest BCUT2D eigenvalue weighted by Crippen LogP contribution is -2.44. The van der Waals surface area contributed by atoms with Gasteiger partial charge in [0.1, 0.15) is 17.6 Å². The van der Waals surface area contributed by atoms with Crippen molar-refractivity contribution in [3.8, 4) is 11.5 Å². The van der Waals surface area contributed by atoms with Crippen molar-refractivity contribution in [2.24, 2.45) is 10.8 Å². The average Bonchev–Trinajstić information content (AvgIpc) is 3.06. The molecule has 1 heterocycles. The third-order valence-electron chi connectivity index (χ3n) is 6.41. The first-order chi connectivity index (χ1) is 15.5. The van der Waals surface area contributed by atoms with Crippen LogP contribution in [0.3, 0.4) is 0 Å². The molecular weight excluding hydrogens is 412 g/mol. The van der Waals surface area contributed by atoms with Crippen molar-refractivity contribution >= 4 is 0 Å². The highest BCUT2D eigenvalue weighted by atomic mass is 16.6. The third kappa shape index (κ3) is 6.84. The molecule has 1 N–H and O–H groups in total. The van der Waals surface area contributed by atoms with Gasteiger partial charge >= 0.3 is 0 Å². The van der Waals surface area contributed by atoms with Gasteiger partial charge in [-0.2, -0.15) is 0 Å². The van der Waals surface area contributed by atoms with E-state index in [-0.39, 0.29) is 29.6 Å². The second kappa shape index (κ2) is 10.3. The molecule has 1 aliphatic heterocycles. The topological polar surface area (TPSA) is 47.9 Å². The molecule has 0 radical (unpaired) electrons. The van der Waals surface area contributed by atoms with Crippen molar-refractivity contribution in [3.05, 3.63) is 72.3 Å². The zero-order chi connectivity index (χ0) is 24.2. The summed E-state index contributed by atoms with van der Waals surface area (Å²) in [6.45, 7) is 16.9. The number of ether oxygens (including phenoxy) is 3. The molecule has 0 amide bonds. The zero-order valence-electron chi connectivity index (χ0n) is 21.0. The maximum absolute atomic E-state index is 10.1. The molecule has 1 fully saturated rings. The summed E-state index contributed by atoms with van der Waals surface area (Å²) in [5.41, 5.74) is 2.34. The van der Waals surface area contributed by atoms with Crippen molar-refractivity contribution in [3.63, 3.8) is 0 Å². The van der Waals surface area contributed by atoms with Crippen LogP contribution in [0, 0.1) is 24.7 Å². The molecule has 180 valence electrons. The van der Waals surface area contributed by atoms with Crippen LogP contribution in [0.25, 0.3) is 0 Å². The third-order valence-corrected chi connectivity index (χ3v) is 6.41. The highest BCUT2D eigenvalue weighted by molar-refractivity contribution is 5.29. The van der Waals surface area contributed by atoms with Crippen molar-refractivity contribution in [1.82, 2.24) is 0 Å². The summed E-state index contributed by atoms with van der Waals surface area (Å²) < 4.78 is 19.3. The molecule has 4 atom stereocenters. The number of hydrogen-bond acceptors (Lipinski definition) is 4. The number of benzene rings is 2. The second-order valence-electron chi connectivity index (χ2n) is 10.9. The highest BCUT2D eigenvalue weighted by Gasteiger charge is 2.49. The quantitative estimate of drug-likeness (QED) is 0.431. The summed E-state index contributed by atoms with van der Waals surface area (Å²) in [5, 5.41) is 10.1. The first kappa shape index (κ1) is 25.3. The van der Waals surface area contributed by atoms with E-state index in [9.17, 15) is 5.11 Å². The van der Waals surface area contributed by atoms with Crippen LogP contribution in [0.1, 0.15) is 51.7 Å². The molecule has 4 unspecified atom stereocenters. The van der Waals surface area contributed by atoms with Gasteiger partial charge in [0.2, 0.25) is 0 Å². The molecule has 2 aromatic rings. The summed E-state index contributed by atoms with van der Waals surface area (Å²) in [4.78, 5) is 0. The lowest BCUT2D eigenvalue weighted by Gasteiger charge is -2.36. The standard InChI is InChI=1S/C29H40O4/c1-8-28(4,5)19-29(6,7)17-24-26(31-22-13-9-20(2)10-14-22)27(25(18-30)33-24)32-23-15-11-21(3)12-16-23/h8-16,24-27,30H,1,17-19H2,2-7H3. The fourth-order valence-electron chi connectivity index (χ4n) is 4.87. The van der Waals surface area contributed by atoms with Crippen LogP contribution in [0.15, 0.2) is 61.2 Å². The maximum Gasteiger partial charge on any atom is 0.166 e. The van der Waals surface area contributed by atoms with E-state index in [1.807, 2.05) is 61.5 Å². The lowest BCUT2D eigenvalue weighted by atomic mass is 9.72. The number of hydrogen-bond donors (Lipinski definition) is 1. The van der Waals surface area contributed by atoms with E-state index in [0.29, 0.717) is 0 Å². The molecule has 0 aromatic heterocycles. The van der Waals surface area contributed by atoms with Crippen molar-refractivity contribution < 1.29 is 19.3 Å². The summed E-state index contributed by atoms with van der Waals surface area (Å²) >= 11 is 0.